The van der Waals surface area contributed by atoms with E-state index in [9.17, 15) is 14.9 Å². The monoisotopic (exact) mass is 425 g/mol. The molecule has 2 aliphatic heterocycles. The van der Waals surface area contributed by atoms with Gasteiger partial charge in [-0.2, -0.15) is 5.26 Å². The van der Waals surface area contributed by atoms with Crippen molar-refractivity contribution in [3.05, 3.63) is 28.6 Å². The van der Waals surface area contributed by atoms with Crippen molar-refractivity contribution in [3.63, 3.8) is 0 Å². The van der Waals surface area contributed by atoms with Crippen molar-refractivity contribution in [2.24, 2.45) is 0 Å². The van der Waals surface area contributed by atoms with Crippen LogP contribution in [0.25, 0.3) is 6.08 Å². The minimum Gasteiger partial charge on any atom is -0.349 e. The predicted molar refractivity (Wildman–Crippen MR) is 121 cm³/mol. The Labute approximate surface area is 185 Å². The molecule has 3 heterocycles. The average Bonchev–Trinajstić information content (AvgIpc) is 3.05. The molecule has 0 N–H and O–H groups in total. The normalized spacial score (nSPS) is 18.2. The highest BCUT2D eigenvalue weighted by atomic mass is 16.2. The Hall–Kier alpha value is -2.59. The number of carbonyl (C=O) groups is 2. The first-order valence-electron chi connectivity index (χ1n) is 11.5. The van der Waals surface area contributed by atoms with Crippen molar-refractivity contribution in [2.45, 2.75) is 53.0 Å². The van der Waals surface area contributed by atoms with E-state index in [1.165, 1.54) is 6.42 Å². The van der Waals surface area contributed by atoms with Crippen LogP contribution in [0, 0.1) is 25.2 Å². The second-order valence-corrected chi connectivity index (χ2v) is 8.66. The predicted octanol–water partition coefficient (Wildman–Crippen LogP) is 2.58. The zero-order valence-corrected chi connectivity index (χ0v) is 19.2. The Morgan fingerprint density at radius 2 is 1.71 bits per heavy atom. The highest BCUT2D eigenvalue weighted by Gasteiger charge is 2.26. The molecule has 0 aliphatic carbocycles. The van der Waals surface area contributed by atoms with Gasteiger partial charge in [-0.3, -0.25) is 14.5 Å². The number of aromatic nitrogens is 1. The summed E-state index contributed by atoms with van der Waals surface area (Å²) in [7, 11) is 0. The van der Waals surface area contributed by atoms with Crippen LogP contribution in [-0.2, 0) is 16.1 Å². The Kier molecular flexibility index (Phi) is 7.91. The summed E-state index contributed by atoms with van der Waals surface area (Å²) in [5, 5.41) is 9.64. The van der Waals surface area contributed by atoms with Gasteiger partial charge in [0.25, 0.3) is 5.91 Å². The summed E-state index contributed by atoms with van der Waals surface area (Å²) in [5.41, 5.74) is 3.33. The molecule has 0 radical (unpaired) electrons. The van der Waals surface area contributed by atoms with E-state index in [2.05, 4.69) is 29.4 Å². The van der Waals surface area contributed by atoms with Crippen LogP contribution in [0.1, 0.15) is 49.6 Å². The first-order chi connectivity index (χ1) is 14.9. The van der Waals surface area contributed by atoms with Gasteiger partial charge >= 0.3 is 0 Å². The minimum absolute atomic E-state index is 0.176. The molecule has 3 rings (SSSR count). The third-order valence-electron chi connectivity index (χ3n) is 6.44. The van der Waals surface area contributed by atoms with Crippen molar-refractivity contribution in [2.75, 3.05) is 45.8 Å². The fraction of sp³-hybridized carbons (Fsp3) is 0.625. The number of carbonyl (C=O) groups excluding carboxylic acids is 2. The van der Waals surface area contributed by atoms with E-state index in [4.69, 9.17) is 0 Å². The van der Waals surface area contributed by atoms with Gasteiger partial charge in [0.1, 0.15) is 11.6 Å². The molecule has 1 aromatic rings. The fourth-order valence-electron chi connectivity index (χ4n) is 4.55. The number of aryl methyl sites for hydroxylation is 1. The highest BCUT2D eigenvalue weighted by molar-refractivity contribution is 6.01. The van der Waals surface area contributed by atoms with Crippen molar-refractivity contribution in [3.8, 4) is 6.07 Å². The van der Waals surface area contributed by atoms with E-state index >= 15 is 0 Å². The quantitative estimate of drug-likeness (QED) is 0.519. The van der Waals surface area contributed by atoms with Crippen LogP contribution in [0.15, 0.2) is 11.6 Å². The van der Waals surface area contributed by atoms with Crippen LogP contribution in [0.5, 0.6) is 0 Å². The second-order valence-electron chi connectivity index (χ2n) is 8.66. The molecule has 2 aliphatic rings. The molecule has 31 heavy (non-hydrogen) atoms. The first-order valence-corrected chi connectivity index (χ1v) is 11.5. The number of rotatable bonds is 6. The van der Waals surface area contributed by atoms with Crippen LogP contribution in [-0.4, -0.2) is 76.9 Å². The molecule has 7 nitrogen and oxygen atoms in total. The minimum atomic E-state index is -0.218. The number of piperazine rings is 1. The molecular weight excluding hydrogens is 390 g/mol. The summed E-state index contributed by atoms with van der Waals surface area (Å²) in [6.07, 6.45) is 6.16. The van der Waals surface area contributed by atoms with Crippen molar-refractivity contribution >= 4 is 17.9 Å². The van der Waals surface area contributed by atoms with Gasteiger partial charge in [0, 0.05) is 57.2 Å². The third kappa shape index (κ3) is 5.56. The number of likely N-dealkylation sites (tertiary alicyclic amines) is 1. The average molecular weight is 426 g/mol. The third-order valence-corrected chi connectivity index (χ3v) is 6.44. The number of amides is 2. The fourth-order valence-corrected chi connectivity index (χ4v) is 4.55. The Balaban J connectivity index is 1.59. The van der Waals surface area contributed by atoms with E-state index in [0.717, 1.165) is 55.8 Å². The number of hydrogen-bond donors (Lipinski definition) is 0. The molecule has 2 saturated heterocycles. The van der Waals surface area contributed by atoms with Crippen molar-refractivity contribution in [1.29, 1.82) is 5.26 Å². The molecule has 1 aromatic heterocycles. The van der Waals surface area contributed by atoms with E-state index < -0.39 is 0 Å². The van der Waals surface area contributed by atoms with Crippen molar-refractivity contribution in [1.82, 2.24) is 19.3 Å². The highest BCUT2D eigenvalue weighted by Crippen LogP contribution is 2.20. The van der Waals surface area contributed by atoms with Gasteiger partial charge < -0.3 is 14.4 Å². The number of nitrogens with zero attached hydrogens (tertiary/aromatic N) is 5. The van der Waals surface area contributed by atoms with Crippen LogP contribution in [0.2, 0.25) is 0 Å². The van der Waals surface area contributed by atoms with Gasteiger partial charge in [-0.05, 0) is 57.2 Å². The lowest BCUT2D eigenvalue weighted by Crippen LogP contribution is -2.52. The number of hydrogen-bond acceptors (Lipinski definition) is 4. The summed E-state index contributed by atoms with van der Waals surface area (Å²) in [6, 6.07) is 4.15. The summed E-state index contributed by atoms with van der Waals surface area (Å²) < 4.78 is 2.23. The maximum absolute atomic E-state index is 13.0. The van der Waals surface area contributed by atoms with Crippen LogP contribution in [0.4, 0.5) is 0 Å². The van der Waals surface area contributed by atoms with Gasteiger partial charge in [-0.1, -0.05) is 6.92 Å². The topological polar surface area (TPSA) is 72.6 Å². The van der Waals surface area contributed by atoms with E-state index in [-0.39, 0.29) is 17.4 Å². The molecule has 0 atom stereocenters. The standard InChI is InChI=1S/C24H35N5O2/c1-4-8-29-19(2)15-21(20(29)3)16-22(17-25)24(31)28-13-11-26(12-14-28)18-23(30)27-9-6-5-7-10-27/h15-16H,4-14,18H2,1-3H3/b22-16+. The van der Waals surface area contributed by atoms with Crippen LogP contribution >= 0.6 is 0 Å². The zero-order valence-electron chi connectivity index (χ0n) is 19.2. The van der Waals surface area contributed by atoms with Gasteiger partial charge in [0.05, 0.1) is 6.54 Å². The van der Waals surface area contributed by atoms with Crippen molar-refractivity contribution < 1.29 is 9.59 Å². The van der Waals surface area contributed by atoms with E-state index in [1.807, 2.05) is 17.9 Å². The maximum Gasteiger partial charge on any atom is 0.264 e. The largest absolute Gasteiger partial charge is 0.349 e. The van der Waals surface area contributed by atoms with E-state index in [0.29, 0.717) is 32.7 Å². The molecule has 2 amide bonds. The van der Waals surface area contributed by atoms with Gasteiger partial charge in [-0.15, -0.1) is 0 Å². The Morgan fingerprint density at radius 1 is 1.03 bits per heavy atom. The Bertz CT molecular complexity index is 865. The lowest BCUT2D eigenvalue weighted by molar-refractivity contribution is -0.134. The van der Waals surface area contributed by atoms with E-state index in [1.54, 1.807) is 11.0 Å². The molecular formula is C24H35N5O2. The maximum atomic E-state index is 13.0. The smallest absolute Gasteiger partial charge is 0.264 e. The Morgan fingerprint density at radius 3 is 2.32 bits per heavy atom. The van der Waals surface area contributed by atoms with Gasteiger partial charge in [0.15, 0.2) is 0 Å². The zero-order chi connectivity index (χ0) is 22.4. The second kappa shape index (κ2) is 10.6. The summed E-state index contributed by atoms with van der Waals surface area (Å²) in [6.45, 7) is 11.7. The molecule has 0 bridgehead atoms. The summed E-state index contributed by atoms with van der Waals surface area (Å²) in [4.78, 5) is 31.3. The SMILES string of the molecule is CCCn1c(C)cc(/C=C(\C#N)C(=O)N2CCN(CC(=O)N3CCCCC3)CC2)c1C. The summed E-state index contributed by atoms with van der Waals surface area (Å²) in [5.74, 6) is -0.0238. The molecule has 0 saturated carbocycles. The van der Waals surface area contributed by atoms with Gasteiger partial charge in [-0.25, -0.2) is 0 Å². The molecule has 0 spiro atoms. The van der Waals surface area contributed by atoms with Crippen LogP contribution in [0.3, 0.4) is 0 Å². The molecule has 7 heteroatoms. The number of piperidine rings is 1. The molecule has 2 fully saturated rings. The molecule has 0 unspecified atom stereocenters. The lowest BCUT2D eigenvalue weighted by atomic mass is 10.1. The lowest BCUT2D eigenvalue weighted by Gasteiger charge is -2.36. The molecule has 168 valence electrons. The van der Waals surface area contributed by atoms with Crippen LogP contribution < -0.4 is 0 Å². The van der Waals surface area contributed by atoms with Gasteiger partial charge in [0.2, 0.25) is 5.91 Å². The first kappa shape index (κ1) is 23.1. The molecule has 0 aromatic carbocycles. The number of nitriles is 1. The summed E-state index contributed by atoms with van der Waals surface area (Å²) >= 11 is 0.